The van der Waals surface area contributed by atoms with Crippen molar-refractivity contribution < 1.29 is 0 Å². The summed E-state index contributed by atoms with van der Waals surface area (Å²) >= 11 is 2.00. The van der Waals surface area contributed by atoms with E-state index >= 15 is 0 Å². The number of thioether (sulfide) groups is 1. The first kappa shape index (κ1) is 12.9. The van der Waals surface area contributed by atoms with Crippen LogP contribution in [0.3, 0.4) is 0 Å². The lowest BCUT2D eigenvalue weighted by Gasteiger charge is -2.17. The SMILES string of the molecule is C#CCCC(CSC(C)C)NCC. The highest BCUT2D eigenvalue weighted by Gasteiger charge is 2.07. The average molecular weight is 199 g/mol. The second kappa shape index (κ2) is 8.47. The van der Waals surface area contributed by atoms with Crippen LogP contribution in [-0.2, 0) is 0 Å². The van der Waals surface area contributed by atoms with E-state index in [9.17, 15) is 0 Å². The Balaban J connectivity index is 3.61. The molecular weight excluding hydrogens is 178 g/mol. The number of hydrogen-bond acceptors (Lipinski definition) is 2. The zero-order chi connectivity index (χ0) is 10.1. The summed E-state index contributed by atoms with van der Waals surface area (Å²) in [4.78, 5) is 0. The molecule has 2 heteroatoms. The lowest BCUT2D eigenvalue weighted by Crippen LogP contribution is -2.31. The lowest BCUT2D eigenvalue weighted by atomic mass is 10.2. The molecule has 0 saturated carbocycles. The highest BCUT2D eigenvalue weighted by molar-refractivity contribution is 7.99. The Bertz CT molecular complexity index is 149. The minimum Gasteiger partial charge on any atom is -0.313 e. The summed E-state index contributed by atoms with van der Waals surface area (Å²) in [5.41, 5.74) is 0. The second-order valence-corrected chi connectivity index (χ2v) is 4.99. The number of terminal acetylenes is 1. The van der Waals surface area contributed by atoms with Gasteiger partial charge in [-0.1, -0.05) is 20.8 Å². The molecule has 1 nitrogen and oxygen atoms in total. The van der Waals surface area contributed by atoms with E-state index < -0.39 is 0 Å². The van der Waals surface area contributed by atoms with E-state index in [0.29, 0.717) is 11.3 Å². The summed E-state index contributed by atoms with van der Waals surface area (Å²) in [6.45, 7) is 7.64. The molecule has 0 bridgehead atoms. The molecule has 1 unspecified atom stereocenters. The molecule has 1 N–H and O–H groups in total. The Morgan fingerprint density at radius 2 is 2.15 bits per heavy atom. The molecule has 0 aliphatic carbocycles. The van der Waals surface area contributed by atoms with E-state index in [4.69, 9.17) is 6.42 Å². The zero-order valence-electron chi connectivity index (χ0n) is 8.97. The number of hydrogen-bond donors (Lipinski definition) is 1. The minimum absolute atomic E-state index is 0.591. The van der Waals surface area contributed by atoms with E-state index in [1.54, 1.807) is 0 Å². The largest absolute Gasteiger partial charge is 0.313 e. The predicted molar refractivity (Wildman–Crippen MR) is 63.1 cm³/mol. The Labute approximate surface area is 87.1 Å². The molecule has 0 amide bonds. The fourth-order valence-corrected chi connectivity index (χ4v) is 2.00. The molecule has 0 radical (unpaired) electrons. The van der Waals surface area contributed by atoms with Gasteiger partial charge in [0.2, 0.25) is 0 Å². The van der Waals surface area contributed by atoms with Gasteiger partial charge in [0.1, 0.15) is 0 Å². The fraction of sp³-hybridized carbons (Fsp3) is 0.818. The van der Waals surface area contributed by atoms with E-state index in [1.165, 1.54) is 5.75 Å². The number of rotatable bonds is 7. The predicted octanol–water partition coefficient (Wildman–Crippen LogP) is 2.52. The topological polar surface area (TPSA) is 12.0 Å². The van der Waals surface area contributed by atoms with Gasteiger partial charge in [-0.15, -0.1) is 12.3 Å². The zero-order valence-corrected chi connectivity index (χ0v) is 9.79. The minimum atomic E-state index is 0.591. The molecule has 0 rings (SSSR count). The van der Waals surface area contributed by atoms with Gasteiger partial charge in [0.15, 0.2) is 0 Å². The fourth-order valence-electron chi connectivity index (χ4n) is 1.10. The smallest absolute Gasteiger partial charge is 0.0167 e. The van der Waals surface area contributed by atoms with Crippen molar-refractivity contribution in [1.29, 1.82) is 0 Å². The van der Waals surface area contributed by atoms with E-state index in [1.807, 2.05) is 11.8 Å². The van der Waals surface area contributed by atoms with Crippen LogP contribution in [0.2, 0.25) is 0 Å². The van der Waals surface area contributed by atoms with Gasteiger partial charge in [-0.25, -0.2) is 0 Å². The Kier molecular flexibility index (Phi) is 8.38. The second-order valence-electron chi connectivity index (χ2n) is 3.38. The van der Waals surface area contributed by atoms with Crippen LogP contribution in [0, 0.1) is 12.3 Å². The van der Waals surface area contributed by atoms with Crippen LogP contribution >= 0.6 is 11.8 Å². The van der Waals surface area contributed by atoms with Crippen LogP contribution in [0.15, 0.2) is 0 Å². The molecule has 1 atom stereocenters. The van der Waals surface area contributed by atoms with Gasteiger partial charge in [0.25, 0.3) is 0 Å². The maximum atomic E-state index is 5.24. The van der Waals surface area contributed by atoms with Crippen molar-refractivity contribution in [3.63, 3.8) is 0 Å². The lowest BCUT2D eigenvalue weighted by molar-refractivity contribution is 0.545. The van der Waals surface area contributed by atoms with Crippen molar-refractivity contribution in [3.8, 4) is 12.3 Å². The van der Waals surface area contributed by atoms with Gasteiger partial charge in [-0.2, -0.15) is 11.8 Å². The van der Waals surface area contributed by atoms with Gasteiger partial charge >= 0.3 is 0 Å². The monoisotopic (exact) mass is 199 g/mol. The number of nitrogens with one attached hydrogen (secondary N) is 1. The van der Waals surface area contributed by atoms with E-state index in [0.717, 1.165) is 19.4 Å². The Morgan fingerprint density at radius 3 is 2.62 bits per heavy atom. The first-order valence-electron chi connectivity index (χ1n) is 4.99. The molecule has 0 aromatic rings. The highest BCUT2D eigenvalue weighted by atomic mass is 32.2. The maximum absolute atomic E-state index is 5.24. The highest BCUT2D eigenvalue weighted by Crippen LogP contribution is 2.12. The van der Waals surface area contributed by atoms with Crippen LogP contribution in [0.5, 0.6) is 0 Å². The molecule has 0 spiro atoms. The molecule has 76 valence electrons. The van der Waals surface area contributed by atoms with Crippen molar-refractivity contribution >= 4 is 11.8 Å². The normalized spacial score (nSPS) is 12.8. The molecule has 0 heterocycles. The van der Waals surface area contributed by atoms with Gasteiger partial charge in [-0.3, -0.25) is 0 Å². The Hall–Kier alpha value is -0.130. The van der Waals surface area contributed by atoms with E-state index in [2.05, 4.69) is 32.0 Å². The van der Waals surface area contributed by atoms with Crippen LogP contribution in [-0.4, -0.2) is 23.6 Å². The summed E-state index contributed by atoms with van der Waals surface area (Å²) in [6, 6.07) is 0.591. The molecule has 0 aromatic heterocycles. The molecule has 0 fully saturated rings. The van der Waals surface area contributed by atoms with E-state index in [-0.39, 0.29) is 0 Å². The van der Waals surface area contributed by atoms with Crippen LogP contribution in [0.25, 0.3) is 0 Å². The summed E-state index contributed by atoms with van der Waals surface area (Å²) in [5, 5.41) is 4.17. The molecule has 0 aliphatic heterocycles. The summed E-state index contributed by atoms with van der Waals surface area (Å²) < 4.78 is 0. The van der Waals surface area contributed by atoms with Gasteiger partial charge in [0, 0.05) is 18.2 Å². The van der Waals surface area contributed by atoms with Crippen LogP contribution < -0.4 is 5.32 Å². The summed E-state index contributed by atoms with van der Waals surface area (Å²) in [5.74, 6) is 3.87. The average Bonchev–Trinajstić information content (AvgIpc) is 2.09. The quantitative estimate of drug-likeness (QED) is 0.632. The maximum Gasteiger partial charge on any atom is 0.0167 e. The standard InChI is InChI=1S/C11H21NS/c1-5-7-8-11(12-6-2)9-13-10(3)4/h1,10-12H,6-9H2,2-4H3. The first-order valence-corrected chi connectivity index (χ1v) is 6.04. The Morgan fingerprint density at radius 1 is 1.46 bits per heavy atom. The molecule has 0 aromatic carbocycles. The van der Waals surface area contributed by atoms with Crippen molar-refractivity contribution in [2.45, 2.75) is 44.9 Å². The van der Waals surface area contributed by atoms with Crippen molar-refractivity contribution in [3.05, 3.63) is 0 Å². The van der Waals surface area contributed by atoms with Crippen molar-refractivity contribution in [2.24, 2.45) is 0 Å². The van der Waals surface area contributed by atoms with Crippen LogP contribution in [0.4, 0.5) is 0 Å². The third kappa shape index (κ3) is 8.21. The third-order valence-electron chi connectivity index (χ3n) is 1.76. The first-order chi connectivity index (χ1) is 6.20. The molecule has 0 aliphatic rings. The summed E-state index contributed by atoms with van der Waals surface area (Å²) in [7, 11) is 0. The molecule has 0 saturated heterocycles. The summed E-state index contributed by atoms with van der Waals surface area (Å²) in [6.07, 6.45) is 7.23. The van der Waals surface area contributed by atoms with Crippen molar-refractivity contribution in [2.75, 3.05) is 12.3 Å². The molecule has 13 heavy (non-hydrogen) atoms. The van der Waals surface area contributed by atoms with Gasteiger partial charge in [-0.05, 0) is 18.2 Å². The van der Waals surface area contributed by atoms with Gasteiger partial charge in [0.05, 0.1) is 0 Å². The molecular formula is C11H21NS. The third-order valence-corrected chi connectivity index (χ3v) is 3.02. The van der Waals surface area contributed by atoms with Crippen molar-refractivity contribution in [1.82, 2.24) is 5.32 Å². The van der Waals surface area contributed by atoms with Gasteiger partial charge < -0.3 is 5.32 Å². The van der Waals surface area contributed by atoms with Crippen LogP contribution in [0.1, 0.15) is 33.6 Å².